The molecule has 0 unspecified atom stereocenters. The van der Waals surface area contributed by atoms with Gasteiger partial charge in [0.05, 0.1) is 22.3 Å². The van der Waals surface area contributed by atoms with Crippen LogP contribution in [0.3, 0.4) is 0 Å². The second-order valence-electron chi connectivity index (χ2n) is 4.95. The minimum absolute atomic E-state index is 0.0487. The van der Waals surface area contributed by atoms with Gasteiger partial charge in [-0.05, 0) is 29.3 Å². The second-order valence-corrected chi connectivity index (χ2v) is 5.76. The molecular formula is C18H13Cl2NO. The Hall–Kier alpha value is -2.03. The van der Waals surface area contributed by atoms with Gasteiger partial charge in [-0.25, -0.2) is 0 Å². The van der Waals surface area contributed by atoms with Crippen molar-refractivity contribution >= 4 is 23.2 Å². The molecule has 0 spiro atoms. The Bertz CT molecular complexity index is 856. The zero-order valence-corrected chi connectivity index (χ0v) is 13.2. The molecule has 1 aromatic heterocycles. The summed E-state index contributed by atoms with van der Waals surface area (Å²) in [6.07, 6.45) is 0. The third kappa shape index (κ3) is 3.08. The molecule has 22 heavy (non-hydrogen) atoms. The molecule has 0 aliphatic carbocycles. The van der Waals surface area contributed by atoms with Gasteiger partial charge in [-0.15, -0.1) is 0 Å². The average Bonchev–Trinajstić information content (AvgIpc) is 2.54. The third-order valence-electron chi connectivity index (χ3n) is 3.44. The van der Waals surface area contributed by atoms with Crippen LogP contribution in [-0.4, -0.2) is 4.57 Å². The van der Waals surface area contributed by atoms with E-state index in [9.17, 15) is 4.79 Å². The van der Waals surface area contributed by atoms with Crippen LogP contribution in [0.15, 0.2) is 71.5 Å². The van der Waals surface area contributed by atoms with Crippen molar-refractivity contribution in [3.05, 3.63) is 92.7 Å². The molecule has 4 heteroatoms. The fourth-order valence-corrected chi connectivity index (χ4v) is 2.69. The zero-order valence-electron chi connectivity index (χ0n) is 11.7. The van der Waals surface area contributed by atoms with Gasteiger partial charge in [0.25, 0.3) is 5.56 Å². The van der Waals surface area contributed by atoms with E-state index in [2.05, 4.69) is 0 Å². The summed E-state index contributed by atoms with van der Waals surface area (Å²) in [5, 5.41) is 0.999. The third-order valence-corrected chi connectivity index (χ3v) is 4.18. The highest BCUT2D eigenvalue weighted by Crippen LogP contribution is 2.24. The Morgan fingerprint density at radius 2 is 1.59 bits per heavy atom. The summed E-state index contributed by atoms with van der Waals surface area (Å²) in [6, 6.07) is 20.5. The van der Waals surface area contributed by atoms with Crippen molar-refractivity contribution in [2.75, 3.05) is 0 Å². The van der Waals surface area contributed by atoms with E-state index in [1.165, 1.54) is 0 Å². The van der Waals surface area contributed by atoms with Gasteiger partial charge in [0.2, 0.25) is 0 Å². The molecule has 0 amide bonds. The summed E-state index contributed by atoms with van der Waals surface area (Å²) in [5.41, 5.74) is 2.76. The number of aromatic nitrogens is 1. The monoisotopic (exact) mass is 329 g/mol. The van der Waals surface area contributed by atoms with E-state index in [1.807, 2.05) is 42.5 Å². The molecule has 0 aliphatic rings. The summed E-state index contributed by atoms with van der Waals surface area (Å²) in [5.74, 6) is 0. The summed E-state index contributed by atoms with van der Waals surface area (Å²) in [7, 11) is 0. The van der Waals surface area contributed by atoms with Gasteiger partial charge in [-0.3, -0.25) is 4.79 Å². The SMILES string of the molecule is O=c1cccc(-c2ccccc2)n1Cc1ccc(Cl)c(Cl)c1. The van der Waals surface area contributed by atoms with Gasteiger partial charge >= 0.3 is 0 Å². The molecule has 0 bridgehead atoms. The fraction of sp³-hybridized carbons (Fsp3) is 0.0556. The molecule has 0 saturated heterocycles. The topological polar surface area (TPSA) is 22.0 Å². The first-order chi connectivity index (χ1) is 10.6. The predicted octanol–water partition coefficient (Wildman–Crippen LogP) is 4.87. The molecule has 0 N–H and O–H groups in total. The molecule has 2 aromatic carbocycles. The molecule has 110 valence electrons. The summed E-state index contributed by atoms with van der Waals surface area (Å²) in [6.45, 7) is 0.445. The van der Waals surface area contributed by atoms with Crippen molar-refractivity contribution in [2.24, 2.45) is 0 Å². The highest BCUT2D eigenvalue weighted by molar-refractivity contribution is 6.42. The van der Waals surface area contributed by atoms with Crippen molar-refractivity contribution in [3.63, 3.8) is 0 Å². The molecule has 0 atom stereocenters. The lowest BCUT2D eigenvalue weighted by Gasteiger charge is -2.13. The summed E-state index contributed by atoms with van der Waals surface area (Å²) < 4.78 is 1.73. The van der Waals surface area contributed by atoms with Crippen LogP contribution in [0.4, 0.5) is 0 Å². The minimum Gasteiger partial charge on any atom is -0.304 e. The highest BCUT2D eigenvalue weighted by Gasteiger charge is 2.07. The van der Waals surface area contributed by atoms with E-state index in [1.54, 1.807) is 28.8 Å². The minimum atomic E-state index is -0.0487. The molecule has 0 radical (unpaired) electrons. The number of rotatable bonds is 3. The molecule has 1 heterocycles. The Labute approximate surface area is 138 Å². The van der Waals surface area contributed by atoms with Crippen LogP contribution in [0, 0.1) is 0 Å². The van der Waals surface area contributed by atoms with Crippen LogP contribution in [0.5, 0.6) is 0 Å². The zero-order chi connectivity index (χ0) is 15.5. The Morgan fingerprint density at radius 3 is 2.32 bits per heavy atom. The number of hydrogen-bond acceptors (Lipinski definition) is 1. The summed E-state index contributed by atoms with van der Waals surface area (Å²) in [4.78, 5) is 12.3. The summed E-state index contributed by atoms with van der Waals surface area (Å²) >= 11 is 12.0. The molecule has 0 fully saturated rings. The van der Waals surface area contributed by atoms with Crippen molar-refractivity contribution in [3.8, 4) is 11.3 Å². The number of halogens is 2. The maximum atomic E-state index is 12.3. The second kappa shape index (κ2) is 6.39. The lowest BCUT2D eigenvalue weighted by Crippen LogP contribution is -2.21. The first kappa shape index (κ1) is 14.9. The highest BCUT2D eigenvalue weighted by atomic mass is 35.5. The first-order valence-electron chi connectivity index (χ1n) is 6.84. The Kier molecular flexibility index (Phi) is 4.32. The Balaban J connectivity index is 2.07. The normalized spacial score (nSPS) is 10.6. The molecule has 0 aliphatic heterocycles. The smallest absolute Gasteiger partial charge is 0.251 e. The standard InChI is InChI=1S/C18H13Cl2NO/c19-15-10-9-13(11-16(15)20)12-21-17(7-4-8-18(21)22)14-5-2-1-3-6-14/h1-11H,12H2. The van der Waals surface area contributed by atoms with Gasteiger partial charge in [-0.1, -0.05) is 65.7 Å². The average molecular weight is 330 g/mol. The maximum absolute atomic E-state index is 12.3. The molecule has 0 saturated carbocycles. The van der Waals surface area contributed by atoms with Gasteiger partial charge < -0.3 is 4.57 Å². The molecule has 3 aromatic rings. The van der Waals surface area contributed by atoms with Crippen LogP contribution < -0.4 is 5.56 Å². The first-order valence-corrected chi connectivity index (χ1v) is 7.60. The van der Waals surface area contributed by atoms with Crippen LogP contribution in [0.25, 0.3) is 11.3 Å². The van der Waals surface area contributed by atoms with Gasteiger partial charge in [0.1, 0.15) is 0 Å². The molecule has 2 nitrogen and oxygen atoms in total. The van der Waals surface area contributed by atoms with Gasteiger partial charge in [0, 0.05) is 6.07 Å². The van der Waals surface area contributed by atoms with Crippen LogP contribution in [0.2, 0.25) is 10.0 Å². The van der Waals surface area contributed by atoms with Crippen molar-refractivity contribution in [1.29, 1.82) is 0 Å². The van der Waals surface area contributed by atoms with Gasteiger partial charge in [-0.2, -0.15) is 0 Å². The van der Waals surface area contributed by atoms with E-state index >= 15 is 0 Å². The van der Waals surface area contributed by atoms with E-state index in [4.69, 9.17) is 23.2 Å². The Morgan fingerprint density at radius 1 is 0.818 bits per heavy atom. The van der Waals surface area contributed by atoms with E-state index in [0.29, 0.717) is 16.6 Å². The lowest BCUT2D eigenvalue weighted by atomic mass is 10.1. The largest absolute Gasteiger partial charge is 0.304 e. The maximum Gasteiger partial charge on any atom is 0.251 e. The number of hydrogen-bond donors (Lipinski definition) is 0. The predicted molar refractivity (Wildman–Crippen MR) is 91.7 cm³/mol. The number of pyridine rings is 1. The fourth-order valence-electron chi connectivity index (χ4n) is 2.36. The van der Waals surface area contributed by atoms with Crippen molar-refractivity contribution < 1.29 is 0 Å². The van der Waals surface area contributed by atoms with Gasteiger partial charge in [0.15, 0.2) is 0 Å². The molecule has 3 rings (SSSR count). The van der Waals surface area contributed by atoms with E-state index < -0.39 is 0 Å². The van der Waals surface area contributed by atoms with Crippen LogP contribution in [-0.2, 0) is 6.54 Å². The lowest BCUT2D eigenvalue weighted by molar-refractivity contribution is 0.768. The quantitative estimate of drug-likeness (QED) is 0.671. The number of nitrogens with zero attached hydrogens (tertiary/aromatic N) is 1. The van der Waals surface area contributed by atoms with Crippen molar-refractivity contribution in [1.82, 2.24) is 4.57 Å². The van der Waals surface area contributed by atoms with E-state index in [-0.39, 0.29) is 5.56 Å². The molecular weight excluding hydrogens is 317 g/mol. The van der Waals surface area contributed by atoms with Crippen molar-refractivity contribution in [2.45, 2.75) is 6.54 Å². The van der Waals surface area contributed by atoms with Crippen LogP contribution >= 0.6 is 23.2 Å². The van der Waals surface area contributed by atoms with E-state index in [0.717, 1.165) is 16.8 Å². The number of benzene rings is 2. The van der Waals surface area contributed by atoms with Crippen LogP contribution in [0.1, 0.15) is 5.56 Å².